The van der Waals surface area contributed by atoms with Crippen LogP contribution in [0, 0.1) is 5.92 Å². The van der Waals surface area contributed by atoms with Gasteiger partial charge in [-0.2, -0.15) is 0 Å². The topological polar surface area (TPSA) is 237 Å². The zero-order valence-corrected chi connectivity index (χ0v) is 55.1. The van der Waals surface area contributed by atoms with Gasteiger partial charge in [0.05, 0.1) is 26.4 Å². The maximum atomic E-state index is 13.0. The van der Waals surface area contributed by atoms with Crippen molar-refractivity contribution in [3.63, 3.8) is 0 Å². The summed E-state index contributed by atoms with van der Waals surface area (Å²) in [6.07, 6.45) is 41.6. The summed E-state index contributed by atoms with van der Waals surface area (Å²) in [6, 6.07) is 0. The van der Waals surface area contributed by atoms with E-state index >= 15 is 0 Å². The van der Waals surface area contributed by atoms with Crippen LogP contribution in [-0.4, -0.2) is 96.7 Å². The summed E-state index contributed by atoms with van der Waals surface area (Å²) in [5.74, 6) is -1.40. The van der Waals surface area contributed by atoms with Crippen molar-refractivity contribution in [2.75, 3.05) is 39.6 Å². The molecule has 0 aliphatic heterocycles. The largest absolute Gasteiger partial charge is 0.472 e. The third kappa shape index (κ3) is 57.6. The molecule has 0 aliphatic rings. The maximum Gasteiger partial charge on any atom is 0.472 e. The lowest BCUT2D eigenvalue weighted by atomic mass is 10.00. The number of phosphoric ester groups is 2. The molecule has 0 saturated heterocycles. The van der Waals surface area contributed by atoms with E-state index in [1.807, 2.05) is 0 Å². The number of carbonyl (C=O) groups is 4. The number of hydrogen-bond acceptors (Lipinski definition) is 15. The van der Waals surface area contributed by atoms with Gasteiger partial charge >= 0.3 is 39.5 Å². The lowest BCUT2D eigenvalue weighted by Crippen LogP contribution is -2.30. The van der Waals surface area contributed by atoms with Crippen molar-refractivity contribution in [3.05, 3.63) is 0 Å². The molecule has 0 radical (unpaired) electrons. The van der Waals surface area contributed by atoms with E-state index in [-0.39, 0.29) is 25.7 Å². The summed E-state index contributed by atoms with van der Waals surface area (Å²) in [4.78, 5) is 72.2. The Labute approximate surface area is 505 Å². The Morgan fingerprint density at radius 1 is 0.337 bits per heavy atom. The highest BCUT2D eigenvalue weighted by Gasteiger charge is 2.30. The second kappa shape index (κ2) is 57.8. The van der Waals surface area contributed by atoms with Gasteiger partial charge in [0.25, 0.3) is 0 Å². The van der Waals surface area contributed by atoms with Gasteiger partial charge in [0.2, 0.25) is 0 Å². The van der Waals surface area contributed by atoms with Gasteiger partial charge in [-0.1, -0.05) is 272 Å². The Kier molecular flexibility index (Phi) is 56.4. The minimum Gasteiger partial charge on any atom is -0.462 e. The third-order valence-electron chi connectivity index (χ3n) is 15.1. The van der Waals surface area contributed by atoms with Crippen molar-refractivity contribution in [1.82, 2.24) is 0 Å². The summed E-state index contributed by atoms with van der Waals surface area (Å²) >= 11 is 0. The number of aliphatic hydroxyl groups excluding tert-OH is 1. The van der Waals surface area contributed by atoms with Crippen LogP contribution in [-0.2, 0) is 65.4 Å². The molecule has 492 valence electrons. The van der Waals surface area contributed by atoms with Crippen molar-refractivity contribution in [3.8, 4) is 0 Å². The lowest BCUT2D eigenvalue weighted by molar-refractivity contribution is -0.161. The van der Waals surface area contributed by atoms with Crippen LogP contribution < -0.4 is 0 Å². The maximum absolute atomic E-state index is 13.0. The third-order valence-corrected chi connectivity index (χ3v) is 17.0. The molecule has 0 aromatic heterocycles. The average molecular weight is 1230 g/mol. The summed E-state index contributed by atoms with van der Waals surface area (Å²) < 4.78 is 68.0. The molecule has 0 rings (SSSR count). The molecule has 0 heterocycles. The van der Waals surface area contributed by atoms with E-state index in [9.17, 15) is 43.2 Å². The van der Waals surface area contributed by atoms with Crippen molar-refractivity contribution in [2.45, 2.75) is 342 Å². The van der Waals surface area contributed by atoms with Crippen LogP contribution >= 0.6 is 15.6 Å². The van der Waals surface area contributed by atoms with Gasteiger partial charge < -0.3 is 33.8 Å². The van der Waals surface area contributed by atoms with E-state index < -0.39 is 97.5 Å². The lowest BCUT2D eigenvalue weighted by Gasteiger charge is -2.21. The Bertz CT molecular complexity index is 1620. The highest BCUT2D eigenvalue weighted by atomic mass is 31.2. The minimum absolute atomic E-state index is 0.106. The second-order valence-electron chi connectivity index (χ2n) is 23.4. The molecule has 83 heavy (non-hydrogen) atoms. The molecule has 3 unspecified atom stereocenters. The van der Waals surface area contributed by atoms with Crippen molar-refractivity contribution < 1.29 is 80.2 Å². The van der Waals surface area contributed by atoms with Gasteiger partial charge in [0, 0.05) is 25.7 Å². The molecule has 17 nitrogen and oxygen atoms in total. The molecular weight excluding hydrogens is 1100 g/mol. The first-order chi connectivity index (χ1) is 40.1. The van der Waals surface area contributed by atoms with Crippen LogP contribution in [0.1, 0.15) is 324 Å². The Hall–Kier alpha value is -1.94. The number of unbranched alkanes of at least 4 members (excludes halogenated alkanes) is 35. The standard InChI is InChI=1S/C64H124O17P2/c1-6-10-13-16-19-22-24-25-26-27-30-33-40-45-50-64(69)81-60(54-75-62(67)48-43-38-35-34-36-41-46-57(5)9-4)56-79-83(72,73)77-52-58(65)51-76-82(70,71)78-55-59(53-74-61(66)47-42-37-31-28-21-18-15-12-8-3)80-63(68)49-44-39-32-29-23-20-17-14-11-7-2/h57-60,65H,6-56H2,1-5H3,(H,70,71)(H,72,73)/t57?,58-,59+,60+/m0/s1. The van der Waals surface area contributed by atoms with Crippen LogP contribution in [0.4, 0.5) is 0 Å². The number of carbonyl (C=O) groups excluding carboxylic acids is 4. The molecule has 0 aromatic rings. The predicted octanol–water partition coefficient (Wildman–Crippen LogP) is 17.8. The van der Waals surface area contributed by atoms with E-state index in [1.54, 1.807) is 0 Å². The van der Waals surface area contributed by atoms with Crippen molar-refractivity contribution in [1.29, 1.82) is 0 Å². The Balaban J connectivity index is 5.23. The monoisotopic (exact) mass is 1230 g/mol. The van der Waals surface area contributed by atoms with E-state index in [2.05, 4.69) is 34.6 Å². The number of hydrogen-bond donors (Lipinski definition) is 3. The summed E-state index contributed by atoms with van der Waals surface area (Å²) in [7, 11) is -9.88. The highest BCUT2D eigenvalue weighted by Crippen LogP contribution is 2.45. The molecule has 0 spiro atoms. The summed E-state index contributed by atoms with van der Waals surface area (Å²) in [6.45, 7) is 7.14. The van der Waals surface area contributed by atoms with E-state index in [0.29, 0.717) is 25.7 Å². The van der Waals surface area contributed by atoms with Crippen molar-refractivity contribution >= 4 is 39.5 Å². The SMILES string of the molecule is CCCCCCCCCCCCCCCCC(=O)O[C@H](COC(=O)CCCCCCCCC(C)CC)COP(=O)(O)OC[C@@H](O)COP(=O)(O)OC[C@@H](COC(=O)CCCCCCCCCCC)OC(=O)CCCCCCCCCCCC. The number of aliphatic hydroxyl groups is 1. The molecular formula is C64H124O17P2. The number of esters is 4. The van der Waals surface area contributed by atoms with Crippen LogP contribution in [0.5, 0.6) is 0 Å². The normalized spacial score (nSPS) is 14.6. The number of phosphoric acid groups is 2. The van der Waals surface area contributed by atoms with Crippen LogP contribution in [0.3, 0.4) is 0 Å². The Morgan fingerprint density at radius 2 is 0.578 bits per heavy atom. The van der Waals surface area contributed by atoms with Gasteiger partial charge in [0.1, 0.15) is 19.3 Å². The van der Waals surface area contributed by atoms with Gasteiger partial charge in [-0.25, -0.2) is 9.13 Å². The molecule has 19 heteroatoms. The average Bonchev–Trinajstić information content (AvgIpc) is 3.47. The smallest absolute Gasteiger partial charge is 0.462 e. The second-order valence-corrected chi connectivity index (χ2v) is 26.3. The van der Waals surface area contributed by atoms with Crippen molar-refractivity contribution in [2.24, 2.45) is 5.92 Å². The zero-order chi connectivity index (χ0) is 61.3. The highest BCUT2D eigenvalue weighted by molar-refractivity contribution is 7.47. The van der Waals surface area contributed by atoms with E-state index in [4.69, 9.17) is 37.0 Å². The van der Waals surface area contributed by atoms with Crippen LogP contribution in [0.25, 0.3) is 0 Å². The molecule has 0 aliphatic carbocycles. The first kappa shape index (κ1) is 81.1. The molecule has 0 saturated carbocycles. The molecule has 0 amide bonds. The fraction of sp³-hybridized carbons (Fsp3) is 0.938. The fourth-order valence-corrected chi connectivity index (χ4v) is 11.1. The zero-order valence-electron chi connectivity index (χ0n) is 53.3. The molecule has 6 atom stereocenters. The van der Waals surface area contributed by atoms with Crippen LogP contribution in [0.15, 0.2) is 0 Å². The van der Waals surface area contributed by atoms with Gasteiger partial charge in [-0.15, -0.1) is 0 Å². The first-order valence-electron chi connectivity index (χ1n) is 33.7. The summed E-state index contributed by atoms with van der Waals surface area (Å²) in [5.41, 5.74) is 0. The molecule has 3 N–H and O–H groups in total. The molecule has 0 bridgehead atoms. The first-order valence-corrected chi connectivity index (χ1v) is 36.7. The quantitative estimate of drug-likeness (QED) is 0.0222. The fourth-order valence-electron chi connectivity index (χ4n) is 9.55. The van der Waals surface area contributed by atoms with Gasteiger partial charge in [-0.3, -0.25) is 37.3 Å². The number of ether oxygens (including phenoxy) is 4. The van der Waals surface area contributed by atoms with Gasteiger partial charge in [-0.05, 0) is 31.6 Å². The van der Waals surface area contributed by atoms with Gasteiger partial charge in [0.15, 0.2) is 12.2 Å². The van der Waals surface area contributed by atoms with Crippen LogP contribution in [0.2, 0.25) is 0 Å². The predicted molar refractivity (Wildman–Crippen MR) is 331 cm³/mol. The molecule has 0 aromatic carbocycles. The summed E-state index contributed by atoms with van der Waals surface area (Å²) in [5, 5.41) is 10.5. The number of rotatable bonds is 64. The molecule has 0 fully saturated rings. The Morgan fingerprint density at radius 3 is 0.855 bits per heavy atom. The van der Waals surface area contributed by atoms with E-state index in [0.717, 1.165) is 102 Å². The minimum atomic E-state index is -4.94. The van der Waals surface area contributed by atoms with E-state index in [1.165, 1.54) is 141 Å².